The number of nitrogens with one attached hydrogen (secondary N) is 1. The average molecular weight is 310 g/mol. The predicted molar refractivity (Wildman–Crippen MR) is 82.7 cm³/mol. The Morgan fingerprint density at radius 1 is 1.33 bits per heavy atom. The molecule has 1 saturated carbocycles. The summed E-state index contributed by atoms with van der Waals surface area (Å²) in [5, 5.41) is 3.76. The topological polar surface area (TPSA) is 64.9 Å². The van der Waals surface area contributed by atoms with Crippen molar-refractivity contribution in [1.29, 1.82) is 0 Å². The van der Waals surface area contributed by atoms with Crippen molar-refractivity contribution in [2.45, 2.75) is 44.7 Å². The number of halogens is 1. The van der Waals surface area contributed by atoms with Gasteiger partial charge in [0.15, 0.2) is 11.5 Å². The molecule has 1 aliphatic carbocycles. The van der Waals surface area contributed by atoms with E-state index in [0.29, 0.717) is 18.3 Å². The van der Waals surface area contributed by atoms with Gasteiger partial charge in [-0.05, 0) is 24.4 Å². The number of ether oxygens (including phenoxy) is 1. The summed E-state index contributed by atoms with van der Waals surface area (Å²) in [5.41, 5.74) is 1.53. The van der Waals surface area contributed by atoms with Crippen LogP contribution >= 0.6 is 11.6 Å². The van der Waals surface area contributed by atoms with Crippen molar-refractivity contribution in [1.82, 2.24) is 19.5 Å². The highest BCUT2D eigenvalue weighted by Crippen LogP contribution is 2.26. The molecule has 114 valence electrons. The van der Waals surface area contributed by atoms with Crippen molar-refractivity contribution >= 4 is 28.6 Å². The van der Waals surface area contributed by atoms with Crippen molar-refractivity contribution in [3.05, 3.63) is 11.6 Å². The van der Waals surface area contributed by atoms with E-state index in [0.717, 1.165) is 17.9 Å². The van der Waals surface area contributed by atoms with Crippen LogP contribution < -0.4 is 5.32 Å². The van der Waals surface area contributed by atoms with Gasteiger partial charge in [-0.25, -0.2) is 4.98 Å². The van der Waals surface area contributed by atoms with Crippen LogP contribution in [0.15, 0.2) is 6.33 Å². The Morgan fingerprint density at radius 2 is 2.14 bits per heavy atom. The van der Waals surface area contributed by atoms with Crippen LogP contribution in [0.4, 0.5) is 5.82 Å². The molecule has 0 spiro atoms. The Morgan fingerprint density at radius 3 is 2.90 bits per heavy atom. The lowest BCUT2D eigenvalue weighted by atomic mass is 9.95. The molecule has 1 N–H and O–H groups in total. The summed E-state index contributed by atoms with van der Waals surface area (Å²) in [4.78, 5) is 12.9. The first-order valence-corrected chi connectivity index (χ1v) is 7.79. The van der Waals surface area contributed by atoms with Gasteiger partial charge in [0.1, 0.15) is 5.52 Å². The Labute approximate surface area is 128 Å². The van der Waals surface area contributed by atoms with Crippen LogP contribution in [0.5, 0.6) is 0 Å². The molecule has 2 aromatic heterocycles. The predicted octanol–water partition coefficient (Wildman–Crippen LogP) is 2.87. The third-order valence-electron chi connectivity index (χ3n) is 3.93. The van der Waals surface area contributed by atoms with Gasteiger partial charge in [0.2, 0.25) is 5.28 Å². The van der Waals surface area contributed by atoms with Crippen LogP contribution in [0.2, 0.25) is 5.28 Å². The fraction of sp³-hybridized carbons (Fsp3) is 0.643. The molecule has 0 aliphatic heterocycles. The van der Waals surface area contributed by atoms with E-state index < -0.39 is 0 Å². The largest absolute Gasteiger partial charge is 0.383 e. The summed E-state index contributed by atoms with van der Waals surface area (Å²) in [7, 11) is 1.69. The average Bonchev–Trinajstić information content (AvgIpc) is 2.89. The van der Waals surface area contributed by atoms with Gasteiger partial charge in [-0.2, -0.15) is 9.97 Å². The van der Waals surface area contributed by atoms with E-state index in [1.807, 2.05) is 4.57 Å². The molecule has 2 aromatic rings. The molecule has 0 aromatic carbocycles. The number of nitrogens with zero attached hydrogens (tertiary/aromatic N) is 4. The highest BCUT2D eigenvalue weighted by Gasteiger charge is 2.18. The highest BCUT2D eigenvalue weighted by molar-refractivity contribution is 6.28. The van der Waals surface area contributed by atoms with Crippen LogP contribution in [0.1, 0.15) is 32.1 Å². The molecule has 2 heterocycles. The fourth-order valence-electron chi connectivity index (χ4n) is 2.85. The lowest BCUT2D eigenvalue weighted by molar-refractivity contribution is 0.188. The van der Waals surface area contributed by atoms with E-state index in [9.17, 15) is 0 Å². The highest BCUT2D eigenvalue weighted by atomic mass is 35.5. The molecule has 0 saturated heterocycles. The normalized spacial score (nSPS) is 16.5. The van der Waals surface area contributed by atoms with Crippen LogP contribution in [-0.2, 0) is 11.3 Å². The molecular weight excluding hydrogens is 290 g/mol. The van der Waals surface area contributed by atoms with E-state index in [4.69, 9.17) is 16.3 Å². The number of rotatable bonds is 5. The number of methoxy groups -OCH3 is 1. The van der Waals surface area contributed by atoms with Gasteiger partial charge in [0.25, 0.3) is 0 Å². The lowest BCUT2D eigenvalue weighted by Gasteiger charge is -2.23. The molecule has 0 amide bonds. The Hall–Kier alpha value is -1.40. The number of imidazole rings is 1. The van der Waals surface area contributed by atoms with Gasteiger partial charge >= 0.3 is 0 Å². The summed E-state index contributed by atoms with van der Waals surface area (Å²) in [6.07, 6.45) is 7.97. The fourth-order valence-corrected chi connectivity index (χ4v) is 3.02. The quantitative estimate of drug-likeness (QED) is 0.860. The van der Waals surface area contributed by atoms with Gasteiger partial charge in [-0.3, -0.25) is 0 Å². The Balaban J connectivity index is 1.92. The Bertz CT molecular complexity index is 609. The van der Waals surface area contributed by atoms with Crippen molar-refractivity contribution < 1.29 is 4.74 Å². The van der Waals surface area contributed by atoms with Crippen molar-refractivity contribution in [2.24, 2.45) is 0 Å². The third kappa shape index (κ3) is 3.27. The molecule has 0 radical (unpaired) electrons. The molecular formula is C14H20ClN5O. The van der Waals surface area contributed by atoms with Crippen LogP contribution in [0.3, 0.4) is 0 Å². The van der Waals surface area contributed by atoms with Crippen LogP contribution in [0.25, 0.3) is 11.2 Å². The zero-order chi connectivity index (χ0) is 14.7. The summed E-state index contributed by atoms with van der Waals surface area (Å²) in [5.74, 6) is 0.783. The van der Waals surface area contributed by atoms with Crippen LogP contribution in [0, 0.1) is 0 Å². The molecule has 0 unspecified atom stereocenters. The molecule has 0 bridgehead atoms. The van der Waals surface area contributed by atoms with Crippen molar-refractivity contribution in [3.8, 4) is 0 Å². The smallest absolute Gasteiger partial charge is 0.226 e. The second kappa shape index (κ2) is 6.58. The molecule has 6 nitrogen and oxygen atoms in total. The van der Waals surface area contributed by atoms with Crippen molar-refractivity contribution in [2.75, 3.05) is 19.0 Å². The first-order valence-electron chi connectivity index (χ1n) is 7.42. The number of fused-ring (bicyclic) bond motifs is 1. The molecule has 1 fully saturated rings. The number of aromatic nitrogens is 4. The molecule has 0 atom stereocenters. The first-order chi connectivity index (χ1) is 10.3. The molecule has 21 heavy (non-hydrogen) atoms. The van der Waals surface area contributed by atoms with Gasteiger partial charge in [-0.15, -0.1) is 0 Å². The maximum absolute atomic E-state index is 6.02. The number of anilines is 1. The van der Waals surface area contributed by atoms with Crippen LogP contribution in [-0.4, -0.2) is 39.3 Å². The van der Waals surface area contributed by atoms with E-state index in [-0.39, 0.29) is 5.28 Å². The van der Waals surface area contributed by atoms with Gasteiger partial charge in [0, 0.05) is 19.7 Å². The summed E-state index contributed by atoms with van der Waals surface area (Å²) < 4.78 is 7.16. The monoisotopic (exact) mass is 309 g/mol. The second-order valence-corrected chi connectivity index (χ2v) is 5.76. The zero-order valence-corrected chi connectivity index (χ0v) is 12.9. The Kier molecular flexibility index (Phi) is 4.55. The first kappa shape index (κ1) is 14.5. The molecule has 7 heteroatoms. The lowest BCUT2D eigenvalue weighted by Crippen LogP contribution is -2.23. The summed E-state index contributed by atoms with van der Waals surface area (Å²) in [6.45, 7) is 1.34. The van der Waals surface area contributed by atoms with Gasteiger partial charge < -0.3 is 14.6 Å². The van der Waals surface area contributed by atoms with E-state index in [1.165, 1.54) is 32.1 Å². The molecule has 1 aliphatic rings. The van der Waals surface area contributed by atoms with E-state index >= 15 is 0 Å². The minimum atomic E-state index is 0.234. The van der Waals surface area contributed by atoms with Gasteiger partial charge in [-0.1, -0.05) is 19.3 Å². The standard InChI is InChI=1S/C14H20ClN5O/c1-21-8-7-20-9-16-12-11(20)13(19-14(15)18-12)17-10-5-3-2-4-6-10/h9-10H,2-8H2,1H3,(H,17,18,19). The van der Waals surface area contributed by atoms with E-state index in [1.54, 1.807) is 13.4 Å². The number of hydrogen-bond acceptors (Lipinski definition) is 5. The number of hydrogen-bond donors (Lipinski definition) is 1. The van der Waals surface area contributed by atoms with Gasteiger partial charge in [0.05, 0.1) is 12.9 Å². The third-order valence-corrected chi connectivity index (χ3v) is 4.10. The zero-order valence-electron chi connectivity index (χ0n) is 12.2. The van der Waals surface area contributed by atoms with Crippen molar-refractivity contribution in [3.63, 3.8) is 0 Å². The summed E-state index contributed by atoms with van der Waals surface area (Å²) in [6, 6.07) is 0.457. The summed E-state index contributed by atoms with van der Waals surface area (Å²) >= 11 is 6.02. The molecule has 3 rings (SSSR count). The maximum atomic E-state index is 6.02. The minimum Gasteiger partial charge on any atom is -0.383 e. The minimum absolute atomic E-state index is 0.234. The maximum Gasteiger partial charge on any atom is 0.226 e. The van der Waals surface area contributed by atoms with E-state index in [2.05, 4.69) is 20.3 Å². The SMILES string of the molecule is COCCn1cnc2nc(Cl)nc(NC3CCCCC3)c21. The second-order valence-electron chi connectivity index (χ2n) is 5.42.